The fourth-order valence-corrected chi connectivity index (χ4v) is 2.27. The number of carboxylic acids is 1. The molecule has 0 aliphatic rings. The zero-order valence-electron chi connectivity index (χ0n) is 11.3. The Balaban J connectivity index is 2.36. The van der Waals surface area contributed by atoms with Crippen molar-refractivity contribution in [3.63, 3.8) is 0 Å². The number of aromatic nitrogens is 1. The van der Waals surface area contributed by atoms with Crippen molar-refractivity contribution in [1.82, 2.24) is 10.3 Å². The summed E-state index contributed by atoms with van der Waals surface area (Å²) in [6.07, 6.45) is 3.14. The number of hydrogen-bond acceptors (Lipinski definition) is 3. The Labute approximate surface area is 117 Å². The fourth-order valence-electron chi connectivity index (χ4n) is 2.27. The van der Waals surface area contributed by atoms with Crippen molar-refractivity contribution in [1.29, 1.82) is 0 Å². The van der Waals surface area contributed by atoms with Gasteiger partial charge in [0.15, 0.2) is 11.8 Å². The number of para-hydroxylation sites is 1. The third-order valence-electron chi connectivity index (χ3n) is 3.42. The van der Waals surface area contributed by atoms with Gasteiger partial charge in [-0.1, -0.05) is 25.1 Å². The van der Waals surface area contributed by atoms with Crippen LogP contribution in [0.25, 0.3) is 10.9 Å². The van der Waals surface area contributed by atoms with E-state index in [1.807, 2.05) is 31.2 Å². The summed E-state index contributed by atoms with van der Waals surface area (Å²) < 4.78 is 0. The van der Waals surface area contributed by atoms with Gasteiger partial charge >= 0.3 is 5.97 Å². The van der Waals surface area contributed by atoms with Crippen molar-refractivity contribution in [2.24, 2.45) is 0 Å². The highest BCUT2D eigenvalue weighted by molar-refractivity contribution is 5.98. The maximum Gasteiger partial charge on any atom is 0.331 e. The second-order valence-corrected chi connectivity index (χ2v) is 4.86. The third kappa shape index (κ3) is 2.58. The van der Waals surface area contributed by atoms with Crippen molar-refractivity contribution in [2.45, 2.75) is 25.3 Å². The highest BCUT2D eigenvalue weighted by atomic mass is 16.4. The van der Waals surface area contributed by atoms with Gasteiger partial charge in [-0.2, -0.15) is 0 Å². The molecular formula is C15H18N2O3. The SMILES string of the molecule is CCCN[C@@](C=O)(Cc1c[nH]c2ccccc12)C(=O)O. The smallest absolute Gasteiger partial charge is 0.331 e. The first-order chi connectivity index (χ1) is 9.63. The summed E-state index contributed by atoms with van der Waals surface area (Å²) in [4.78, 5) is 26.0. The second-order valence-electron chi connectivity index (χ2n) is 4.86. The molecule has 0 fully saturated rings. The molecule has 2 aromatic rings. The number of carbonyl (C=O) groups is 2. The molecule has 20 heavy (non-hydrogen) atoms. The number of rotatable bonds is 7. The van der Waals surface area contributed by atoms with Crippen LogP contribution < -0.4 is 5.32 Å². The Morgan fingerprint density at radius 2 is 2.20 bits per heavy atom. The van der Waals surface area contributed by atoms with Crippen molar-refractivity contribution in [3.8, 4) is 0 Å². The first kappa shape index (κ1) is 14.3. The Bertz CT molecular complexity index is 620. The van der Waals surface area contributed by atoms with Gasteiger partial charge in [-0.05, 0) is 24.6 Å². The van der Waals surface area contributed by atoms with Gasteiger partial charge in [-0.25, -0.2) is 4.79 Å². The van der Waals surface area contributed by atoms with Gasteiger partial charge in [0.25, 0.3) is 0 Å². The molecule has 0 bridgehead atoms. The van der Waals surface area contributed by atoms with Crippen LogP contribution in [0.15, 0.2) is 30.5 Å². The van der Waals surface area contributed by atoms with E-state index in [4.69, 9.17) is 0 Å². The molecule has 0 unspecified atom stereocenters. The molecule has 0 aliphatic carbocycles. The number of hydrogen-bond donors (Lipinski definition) is 3. The zero-order chi connectivity index (χ0) is 14.6. The first-order valence-electron chi connectivity index (χ1n) is 6.62. The van der Waals surface area contributed by atoms with Crippen LogP contribution in [-0.4, -0.2) is 34.4 Å². The molecule has 0 aliphatic heterocycles. The summed E-state index contributed by atoms with van der Waals surface area (Å²) in [5.41, 5.74) is 0.183. The van der Waals surface area contributed by atoms with Gasteiger partial charge in [0.05, 0.1) is 0 Å². The first-order valence-corrected chi connectivity index (χ1v) is 6.62. The predicted octanol–water partition coefficient (Wildman–Crippen LogP) is 1.73. The van der Waals surface area contributed by atoms with Crippen LogP contribution in [0.1, 0.15) is 18.9 Å². The number of H-pyrrole nitrogens is 1. The van der Waals surface area contributed by atoms with Gasteiger partial charge in [-0.3, -0.25) is 5.32 Å². The van der Waals surface area contributed by atoms with E-state index in [0.717, 1.165) is 22.9 Å². The number of carboxylic acid groups (broad SMARTS) is 1. The molecule has 0 amide bonds. The molecule has 106 valence electrons. The van der Waals surface area contributed by atoms with E-state index < -0.39 is 11.5 Å². The van der Waals surface area contributed by atoms with E-state index in [9.17, 15) is 14.7 Å². The van der Waals surface area contributed by atoms with Crippen LogP contribution in [0, 0.1) is 0 Å². The molecule has 5 nitrogen and oxygen atoms in total. The highest BCUT2D eigenvalue weighted by Gasteiger charge is 2.38. The van der Waals surface area contributed by atoms with Crippen LogP contribution in [0.2, 0.25) is 0 Å². The number of nitrogens with one attached hydrogen (secondary N) is 2. The third-order valence-corrected chi connectivity index (χ3v) is 3.42. The summed E-state index contributed by atoms with van der Waals surface area (Å²) in [6, 6.07) is 7.63. The van der Waals surface area contributed by atoms with E-state index in [1.165, 1.54) is 0 Å². The van der Waals surface area contributed by atoms with Gasteiger partial charge in [-0.15, -0.1) is 0 Å². The summed E-state index contributed by atoms with van der Waals surface area (Å²) in [6.45, 7) is 2.41. The highest BCUT2D eigenvalue weighted by Crippen LogP contribution is 2.22. The van der Waals surface area contributed by atoms with Gasteiger partial charge < -0.3 is 14.9 Å². The fraction of sp³-hybridized carbons (Fsp3) is 0.333. The van der Waals surface area contributed by atoms with Crippen LogP contribution >= 0.6 is 0 Å². The lowest BCUT2D eigenvalue weighted by atomic mass is 9.92. The molecule has 0 radical (unpaired) electrons. The second kappa shape index (κ2) is 5.88. The van der Waals surface area contributed by atoms with Crippen LogP contribution in [-0.2, 0) is 16.0 Å². The van der Waals surface area contributed by atoms with Crippen LogP contribution in [0.5, 0.6) is 0 Å². The number of fused-ring (bicyclic) bond motifs is 1. The van der Waals surface area contributed by atoms with E-state index in [0.29, 0.717) is 12.8 Å². The van der Waals surface area contributed by atoms with Gasteiger partial charge in [0.2, 0.25) is 0 Å². The zero-order valence-corrected chi connectivity index (χ0v) is 11.3. The predicted molar refractivity (Wildman–Crippen MR) is 76.7 cm³/mol. The molecule has 3 N–H and O–H groups in total. The Kier molecular flexibility index (Phi) is 4.20. The van der Waals surface area contributed by atoms with E-state index in [2.05, 4.69) is 10.3 Å². The number of carbonyl (C=O) groups excluding carboxylic acids is 1. The van der Waals surface area contributed by atoms with Gasteiger partial charge in [0.1, 0.15) is 0 Å². The maximum absolute atomic E-state index is 11.5. The standard InChI is InChI=1S/C15H18N2O3/c1-2-7-17-15(10-18,14(19)20)8-11-9-16-13-6-4-3-5-12(11)13/h3-6,9-10,16-17H,2,7-8H2,1H3,(H,19,20)/t15-/m1/s1. The summed E-state index contributed by atoms with van der Waals surface area (Å²) in [5.74, 6) is -1.15. The average Bonchev–Trinajstić information content (AvgIpc) is 2.86. The maximum atomic E-state index is 11.5. The molecule has 5 heteroatoms. The largest absolute Gasteiger partial charge is 0.480 e. The Morgan fingerprint density at radius 3 is 2.85 bits per heavy atom. The number of aromatic amines is 1. The Morgan fingerprint density at radius 1 is 1.45 bits per heavy atom. The molecule has 0 spiro atoms. The monoisotopic (exact) mass is 274 g/mol. The lowest BCUT2D eigenvalue weighted by Gasteiger charge is -2.24. The average molecular weight is 274 g/mol. The minimum atomic E-state index is -1.57. The molecule has 0 saturated heterocycles. The number of aldehydes is 1. The van der Waals surface area contributed by atoms with Gasteiger partial charge in [0, 0.05) is 23.5 Å². The van der Waals surface area contributed by atoms with E-state index in [1.54, 1.807) is 6.20 Å². The molecule has 1 aromatic carbocycles. The van der Waals surface area contributed by atoms with Crippen LogP contribution in [0.3, 0.4) is 0 Å². The van der Waals surface area contributed by atoms with Crippen molar-refractivity contribution < 1.29 is 14.7 Å². The number of benzene rings is 1. The quantitative estimate of drug-likeness (QED) is 0.530. The lowest BCUT2D eigenvalue weighted by molar-refractivity contribution is -0.146. The Hall–Kier alpha value is -2.14. The van der Waals surface area contributed by atoms with Crippen molar-refractivity contribution >= 4 is 23.2 Å². The lowest BCUT2D eigenvalue weighted by Crippen LogP contribution is -2.55. The molecule has 1 heterocycles. The number of aliphatic carboxylic acids is 1. The molecule has 1 aromatic heterocycles. The van der Waals surface area contributed by atoms with E-state index >= 15 is 0 Å². The summed E-state index contributed by atoms with van der Waals surface area (Å²) in [5, 5.41) is 13.2. The molecule has 0 saturated carbocycles. The van der Waals surface area contributed by atoms with E-state index in [-0.39, 0.29) is 6.42 Å². The molecular weight excluding hydrogens is 256 g/mol. The normalized spacial score (nSPS) is 14.1. The summed E-state index contributed by atoms with van der Waals surface area (Å²) in [7, 11) is 0. The van der Waals surface area contributed by atoms with Crippen LogP contribution in [0.4, 0.5) is 0 Å². The minimum Gasteiger partial charge on any atom is -0.480 e. The van der Waals surface area contributed by atoms with Crippen molar-refractivity contribution in [3.05, 3.63) is 36.0 Å². The minimum absolute atomic E-state index is 0.121. The molecule has 1 atom stereocenters. The topological polar surface area (TPSA) is 82.2 Å². The molecule has 2 rings (SSSR count). The summed E-state index contributed by atoms with van der Waals surface area (Å²) >= 11 is 0. The van der Waals surface area contributed by atoms with Crippen molar-refractivity contribution in [2.75, 3.05) is 6.54 Å².